The lowest BCUT2D eigenvalue weighted by Crippen LogP contribution is -2.22. The Hall–Kier alpha value is -3.99. The van der Waals surface area contributed by atoms with Gasteiger partial charge in [-0.1, -0.05) is 35.9 Å². The summed E-state index contributed by atoms with van der Waals surface area (Å²) in [6, 6.07) is 20.8. The molecule has 3 aromatic carbocycles. The fraction of sp³-hybridized carbons (Fsp3) is 0.0800. The summed E-state index contributed by atoms with van der Waals surface area (Å²) in [5.41, 5.74) is 5.32. The second kappa shape index (κ2) is 6.81. The molecule has 4 aromatic rings. The number of carbonyl (C=O) groups is 1. The summed E-state index contributed by atoms with van der Waals surface area (Å²) in [6.07, 6.45) is 1.71. The van der Waals surface area contributed by atoms with Gasteiger partial charge in [-0.3, -0.25) is 14.2 Å². The summed E-state index contributed by atoms with van der Waals surface area (Å²) in [6.45, 7) is 3.96. The first-order valence-electron chi connectivity index (χ1n) is 9.74. The number of aromatic nitrogens is 2. The maximum atomic E-state index is 13.4. The summed E-state index contributed by atoms with van der Waals surface area (Å²) in [7, 11) is 0. The van der Waals surface area contributed by atoms with Crippen molar-refractivity contribution < 1.29 is 4.79 Å². The van der Waals surface area contributed by atoms with Crippen LogP contribution < -0.4 is 10.9 Å². The molecule has 0 aliphatic carbocycles. The molecule has 1 amide bonds. The van der Waals surface area contributed by atoms with Gasteiger partial charge in [0.1, 0.15) is 5.82 Å². The molecule has 0 spiro atoms. The van der Waals surface area contributed by atoms with Crippen LogP contribution in [-0.4, -0.2) is 15.5 Å². The van der Waals surface area contributed by atoms with Gasteiger partial charge < -0.3 is 5.32 Å². The van der Waals surface area contributed by atoms with Crippen molar-refractivity contribution in [2.45, 2.75) is 13.8 Å². The van der Waals surface area contributed by atoms with Gasteiger partial charge in [-0.2, -0.15) is 0 Å². The Balaban J connectivity index is 1.83. The number of carbonyl (C=O) groups excluding carboxylic acids is 1. The minimum atomic E-state index is -0.200. The van der Waals surface area contributed by atoms with E-state index in [1.165, 1.54) is 0 Å². The SMILES string of the molecule is Cc1cccc(-n2c(C=C3C(=O)Nc4ccc(C)cc43)nc3ccccc3c2=O)c1. The van der Waals surface area contributed by atoms with Gasteiger partial charge in [-0.05, 0) is 61.9 Å². The fourth-order valence-corrected chi connectivity index (χ4v) is 3.84. The Morgan fingerprint density at radius 3 is 2.53 bits per heavy atom. The van der Waals surface area contributed by atoms with E-state index in [1.54, 1.807) is 16.7 Å². The molecule has 5 nitrogen and oxygen atoms in total. The fourth-order valence-electron chi connectivity index (χ4n) is 3.84. The first-order chi connectivity index (χ1) is 14.5. The van der Waals surface area contributed by atoms with Gasteiger partial charge in [0.25, 0.3) is 11.5 Å². The maximum absolute atomic E-state index is 13.4. The van der Waals surface area contributed by atoms with E-state index in [0.717, 1.165) is 22.4 Å². The predicted octanol–water partition coefficient (Wildman–Crippen LogP) is 4.50. The Morgan fingerprint density at radius 2 is 1.70 bits per heavy atom. The number of aryl methyl sites for hydroxylation is 2. The molecule has 0 saturated heterocycles. The van der Waals surface area contributed by atoms with E-state index in [9.17, 15) is 9.59 Å². The first kappa shape index (κ1) is 18.1. The molecule has 0 radical (unpaired) electrons. The van der Waals surface area contributed by atoms with E-state index < -0.39 is 0 Å². The molecule has 5 heteroatoms. The van der Waals surface area contributed by atoms with Crippen LogP contribution in [0, 0.1) is 13.8 Å². The van der Waals surface area contributed by atoms with Crippen LogP contribution in [0.2, 0.25) is 0 Å². The Kier molecular flexibility index (Phi) is 4.10. The summed E-state index contributed by atoms with van der Waals surface area (Å²) in [5.74, 6) is 0.220. The molecule has 30 heavy (non-hydrogen) atoms. The van der Waals surface area contributed by atoms with E-state index in [2.05, 4.69) is 5.32 Å². The van der Waals surface area contributed by atoms with Crippen molar-refractivity contribution in [1.29, 1.82) is 0 Å². The highest BCUT2D eigenvalue weighted by Gasteiger charge is 2.25. The van der Waals surface area contributed by atoms with Crippen molar-refractivity contribution in [1.82, 2.24) is 9.55 Å². The number of para-hydroxylation sites is 1. The molecule has 1 N–H and O–H groups in total. The van der Waals surface area contributed by atoms with E-state index in [-0.39, 0.29) is 11.5 Å². The lowest BCUT2D eigenvalue weighted by Gasteiger charge is -2.12. The summed E-state index contributed by atoms with van der Waals surface area (Å²) in [4.78, 5) is 30.9. The number of benzene rings is 3. The Labute approximate surface area is 173 Å². The van der Waals surface area contributed by atoms with Crippen molar-refractivity contribution in [2.24, 2.45) is 0 Å². The van der Waals surface area contributed by atoms with Crippen LogP contribution in [-0.2, 0) is 4.79 Å². The van der Waals surface area contributed by atoms with Crippen LogP contribution in [0.15, 0.2) is 71.5 Å². The molecule has 0 unspecified atom stereocenters. The zero-order valence-electron chi connectivity index (χ0n) is 16.6. The highest BCUT2D eigenvalue weighted by molar-refractivity contribution is 6.34. The topological polar surface area (TPSA) is 64.0 Å². The van der Waals surface area contributed by atoms with Crippen molar-refractivity contribution in [2.75, 3.05) is 5.32 Å². The lowest BCUT2D eigenvalue weighted by molar-refractivity contribution is -0.110. The third kappa shape index (κ3) is 2.92. The van der Waals surface area contributed by atoms with Crippen LogP contribution in [0.4, 0.5) is 5.69 Å². The zero-order chi connectivity index (χ0) is 20.8. The minimum Gasteiger partial charge on any atom is -0.321 e. The molecule has 0 saturated carbocycles. The van der Waals surface area contributed by atoms with Gasteiger partial charge in [0.05, 0.1) is 22.2 Å². The van der Waals surface area contributed by atoms with Crippen LogP contribution >= 0.6 is 0 Å². The van der Waals surface area contributed by atoms with Gasteiger partial charge in [-0.15, -0.1) is 0 Å². The molecule has 1 aliphatic rings. The second-order valence-electron chi connectivity index (χ2n) is 7.53. The summed E-state index contributed by atoms with van der Waals surface area (Å²) < 4.78 is 1.57. The molecular weight excluding hydrogens is 374 g/mol. The number of hydrogen-bond donors (Lipinski definition) is 1. The van der Waals surface area contributed by atoms with Crippen molar-refractivity contribution >= 4 is 34.1 Å². The average molecular weight is 393 g/mol. The highest BCUT2D eigenvalue weighted by atomic mass is 16.2. The lowest BCUT2D eigenvalue weighted by atomic mass is 10.0. The largest absolute Gasteiger partial charge is 0.321 e. The van der Waals surface area contributed by atoms with Gasteiger partial charge >= 0.3 is 0 Å². The van der Waals surface area contributed by atoms with Crippen LogP contribution in [0.25, 0.3) is 28.2 Å². The molecule has 1 aromatic heterocycles. The number of rotatable bonds is 2. The third-order valence-electron chi connectivity index (χ3n) is 5.29. The third-order valence-corrected chi connectivity index (χ3v) is 5.29. The normalized spacial score (nSPS) is 14.2. The van der Waals surface area contributed by atoms with Gasteiger partial charge in [0, 0.05) is 11.3 Å². The molecule has 2 heterocycles. The Morgan fingerprint density at radius 1 is 0.900 bits per heavy atom. The summed E-state index contributed by atoms with van der Waals surface area (Å²) in [5, 5.41) is 3.43. The number of nitrogens with one attached hydrogen (secondary N) is 1. The first-order valence-corrected chi connectivity index (χ1v) is 9.74. The van der Waals surface area contributed by atoms with Gasteiger partial charge in [-0.25, -0.2) is 4.98 Å². The monoisotopic (exact) mass is 393 g/mol. The molecule has 146 valence electrons. The molecule has 0 bridgehead atoms. The van der Waals surface area contributed by atoms with E-state index in [4.69, 9.17) is 4.98 Å². The van der Waals surface area contributed by atoms with Crippen molar-refractivity contribution in [3.8, 4) is 5.69 Å². The van der Waals surface area contributed by atoms with Crippen LogP contribution in [0.1, 0.15) is 22.5 Å². The predicted molar refractivity (Wildman–Crippen MR) is 120 cm³/mol. The maximum Gasteiger partial charge on any atom is 0.266 e. The Bertz CT molecular complexity index is 1430. The van der Waals surface area contributed by atoms with Gasteiger partial charge in [0.15, 0.2) is 0 Å². The standard InChI is InChI=1S/C25H19N3O2/c1-15-6-5-7-17(12-15)28-23(26-21-9-4-3-8-18(21)25(28)30)14-20-19-13-16(2)10-11-22(19)27-24(20)29/h3-14H,1-2H3,(H,27,29). The highest BCUT2D eigenvalue weighted by Crippen LogP contribution is 2.33. The van der Waals surface area contributed by atoms with Crippen LogP contribution in [0.5, 0.6) is 0 Å². The smallest absolute Gasteiger partial charge is 0.266 e. The zero-order valence-corrected chi connectivity index (χ0v) is 16.6. The summed E-state index contributed by atoms with van der Waals surface area (Å²) >= 11 is 0. The van der Waals surface area contributed by atoms with Crippen LogP contribution in [0.3, 0.4) is 0 Å². The van der Waals surface area contributed by atoms with Gasteiger partial charge in [0.2, 0.25) is 0 Å². The molecular formula is C25H19N3O2. The van der Waals surface area contributed by atoms with E-state index >= 15 is 0 Å². The molecule has 0 atom stereocenters. The number of hydrogen-bond acceptors (Lipinski definition) is 3. The number of amides is 1. The number of fused-ring (bicyclic) bond motifs is 2. The number of nitrogens with zero attached hydrogens (tertiary/aromatic N) is 2. The number of anilines is 1. The van der Waals surface area contributed by atoms with E-state index in [1.807, 2.05) is 74.5 Å². The van der Waals surface area contributed by atoms with E-state index in [0.29, 0.717) is 28.0 Å². The second-order valence-corrected chi connectivity index (χ2v) is 7.53. The van der Waals surface area contributed by atoms with Crippen molar-refractivity contribution in [3.63, 3.8) is 0 Å². The minimum absolute atomic E-state index is 0.166. The molecule has 0 fully saturated rings. The molecule has 1 aliphatic heterocycles. The quantitative estimate of drug-likeness (QED) is 0.510. The molecule has 5 rings (SSSR count). The average Bonchev–Trinajstić information content (AvgIpc) is 3.03. The van der Waals surface area contributed by atoms with Crippen molar-refractivity contribution in [3.05, 3.63) is 99.6 Å².